The third kappa shape index (κ3) is 4.38. The third-order valence-corrected chi connectivity index (χ3v) is 5.37. The van der Waals surface area contributed by atoms with Gasteiger partial charge in [0.1, 0.15) is 0 Å². The van der Waals surface area contributed by atoms with Crippen molar-refractivity contribution in [1.82, 2.24) is 15.2 Å². The van der Waals surface area contributed by atoms with E-state index in [9.17, 15) is 4.79 Å². The molecule has 6 heteroatoms. The fourth-order valence-electron chi connectivity index (χ4n) is 2.39. The van der Waals surface area contributed by atoms with Gasteiger partial charge < -0.3 is 0 Å². The SMILES string of the molecule is CCc1ccc(-c2nc(S[C@@H](C)C(=O)c3ccc(Br)cc3)n[nH]2)cc1. The quantitative estimate of drug-likeness (QED) is 0.446. The summed E-state index contributed by atoms with van der Waals surface area (Å²) in [4.78, 5) is 17.0. The topological polar surface area (TPSA) is 58.6 Å². The second kappa shape index (κ2) is 7.97. The monoisotopic (exact) mass is 415 g/mol. The largest absolute Gasteiger partial charge is 0.293 e. The lowest BCUT2D eigenvalue weighted by Crippen LogP contribution is -2.13. The van der Waals surface area contributed by atoms with Crippen molar-refractivity contribution in [3.63, 3.8) is 0 Å². The summed E-state index contributed by atoms with van der Waals surface area (Å²) in [6.07, 6.45) is 1.01. The van der Waals surface area contributed by atoms with Crippen molar-refractivity contribution < 1.29 is 4.79 Å². The number of aryl methyl sites for hydroxylation is 1. The van der Waals surface area contributed by atoms with Crippen molar-refractivity contribution in [2.24, 2.45) is 0 Å². The second-order valence-corrected chi connectivity index (χ2v) is 7.87. The number of hydrogen-bond acceptors (Lipinski definition) is 4. The Balaban J connectivity index is 1.69. The first-order valence-electron chi connectivity index (χ1n) is 8.05. The highest BCUT2D eigenvalue weighted by molar-refractivity contribution is 9.10. The van der Waals surface area contributed by atoms with Crippen LogP contribution in [0.15, 0.2) is 58.2 Å². The number of halogens is 1. The first-order chi connectivity index (χ1) is 12.1. The summed E-state index contributed by atoms with van der Waals surface area (Å²) in [5.41, 5.74) is 2.96. The number of H-pyrrole nitrogens is 1. The minimum Gasteiger partial charge on any atom is -0.293 e. The van der Waals surface area contributed by atoms with E-state index in [-0.39, 0.29) is 11.0 Å². The molecule has 0 amide bonds. The number of carbonyl (C=O) groups excluding carboxylic acids is 1. The summed E-state index contributed by atoms with van der Waals surface area (Å²) >= 11 is 4.74. The number of aromatic amines is 1. The molecule has 1 atom stereocenters. The van der Waals surface area contributed by atoms with Gasteiger partial charge in [-0.1, -0.05) is 71.0 Å². The number of nitrogens with one attached hydrogen (secondary N) is 1. The smallest absolute Gasteiger partial charge is 0.209 e. The number of carbonyl (C=O) groups is 1. The van der Waals surface area contributed by atoms with Gasteiger partial charge in [0.25, 0.3) is 0 Å². The van der Waals surface area contributed by atoms with Gasteiger partial charge in [-0.25, -0.2) is 4.98 Å². The molecule has 0 spiro atoms. The Kier molecular flexibility index (Phi) is 5.71. The van der Waals surface area contributed by atoms with Crippen LogP contribution in [-0.2, 0) is 6.42 Å². The maximum Gasteiger partial charge on any atom is 0.209 e. The van der Waals surface area contributed by atoms with Crippen LogP contribution in [0.3, 0.4) is 0 Å². The number of benzene rings is 2. The lowest BCUT2D eigenvalue weighted by atomic mass is 10.1. The molecule has 3 rings (SSSR count). The van der Waals surface area contributed by atoms with Crippen molar-refractivity contribution >= 4 is 33.5 Å². The Bertz CT molecular complexity index is 859. The van der Waals surface area contributed by atoms with Crippen LogP contribution in [0, 0.1) is 0 Å². The Morgan fingerprint density at radius 2 is 1.84 bits per heavy atom. The molecule has 1 N–H and O–H groups in total. The van der Waals surface area contributed by atoms with Crippen LogP contribution in [0.25, 0.3) is 11.4 Å². The molecule has 0 saturated heterocycles. The molecule has 0 unspecified atom stereocenters. The van der Waals surface area contributed by atoms with Gasteiger partial charge in [-0.3, -0.25) is 9.89 Å². The minimum atomic E-state index is -0.257. The highest BCUT2D eigenvalue weighted by Gasteiger charge is 2.19. The molecule has 0 aliphatic carbocycles. The lowest BCUT2D eigenvalue weighted by molar-refractivity contribution is 0.0994. The molecule has 0 aliphatic heterocycles. The van der Waals surface area contributed by atoms with E-state index in [1.54, 1.807) is 0 Å². The van der Waals surface area contributed by atoms with E-state index >= 15 is 0 Å². The average molecular weight is 416 g/mol. The standard InChI is InChI=1S/C19H18BrN3OS/c1-3-13-4-6-15(7-5-13)18-21-19(23-22-18)25-12(2)17(24)14-8-10-16(20)11-9-14/h4-12H,3H2,1-2H3,(H,21,22,23)/t12-/m0/s1. The van der Waals surface area contributed by atoms with E-state index < -0.39 is 0 Å². The van der Waals surface area contributed by atoms with Crippen molar-refractivity contribution in [1.29, 1.82) is 0 Å². The molecular weight excluding hydrogens is 398 g/mol. The fraction of sp³-hybridized carbons (Fsp3) is 0.211. The van der Waals surface area contributed by atoms with E-state index in [0.29, 0.717) is 16.5 Å². The van der Waals surface area contributed by atoms with Crippen molar-refractivity contribution in [3.8, 4) is 11.4 Å². The summed E-state index contributed by atoms with van der Waals surface area (Å²) in [5, 5.41) is 7.50. The summed E-state index contributed by atoms with van der Waals surface area (Å²) in [7, 11) is 0. The first kappa shape index (κ1) is 17.9. The molecule has 0 aliphatic rings. The molecule has 0 radical (unpaired) electrons. The fourth-order valence-corrected chi connectivity index (χ4v) is 3.45. The van der Waals surface area contributed by atoms with Crippen LogP contribution in [0.5, 0.6) is 0 Å². The molecule has 25 heavy (non-hydrogen) atoms. The van der Waals surface area contributed by atoms with Gasteiger partial charge >= 0.3 is 0 Å². The van der Waals surface area contributed by atoms with E-state index in [1.165, 1.54) is 17.3 Å². The summed E-state index contributed by atoms with van der Waals surface area (Å²) < 4.78 is 0.956. The van der Waals surface area contributed by atoms with Gasteiger partial charge in [0.15, 0.2) is 11.6 Å². The number of hydrogen-bond donors (Lipinski definition) is 1. The van der Waals surface area contributed by atoms with Gasteiger partial charge in [-0.2, -0.15) is 0 Å². The van der Waals surface area contributed by atoms with Crippen molar-refractivity contribution in [2.45, 2.75) is 30.7 Å². The maximum absolute atomic E-state index is 12.5. The van der Waals surface area contributed by atoms with Crippen LogP contribution in [0.4, 0.5) is 0 Å². The molecular formula is C19H18BrN3OS. The van der Waals surface area contributed by atoms with Crippen molar-refractivity contribution in [3.05, 3.63) is 64.1 Å². The number of thioether (sulfide) groups is 1. The Morgan fingerprint density at radius 1 is 1.16 bits per heavy atom. The molecule has 0 fully saturated rings. The molecule has 3 aromatic rings. The zero-order valence-corrected chi connectivity index (χ0v) is 16.4. The summed E-state index contributed by atoms with van der Waals surface area (Å²) in [5.74, 6) is 0.782. The number of nitrogens with zero attached hydrogens (tertiary/aromatic N) is 2. The minimum absolute atomic E-state index is 0.0659. The van der Waals surface area contributed by atoms with Gasteiger partial charge in [0.2, 0.25) is 5.16 Å². The molecule has 0 saturated carbocycles. The summed E-state index contributed by atoms with van der Waals surface area (Å²) in [6, 6.07) is 15.6. The Hall–Kier alpha value is -1.92. The highest BCUT2D eigenvalue weighted by atomic mass is 79.9. The van der Waals surface area contributed by atoms with Crippen molar-refractivity contribution in [2.75, 3.05) is 0 Å². The van der Waals surface area contributed by atoms with Crippen LogP contribution < -0.4 is 0 Å². The molecule has 1 aromatic heterocycles. The second-order valence-electron chi connectivity index (χ2n) is 5.65. The highest BCUT2D eigenvalue weighted by Crippen LogP contribution is 2.25. The normalized spacial score (nSPS) is 12.1. The number of rotatable bonds is 6. The van der Waals surface area contributed by atoms with Gasteiger partial charge in [0, 0.05) is 15.6 Å². The molecule has 1 heterocycles. The predicted molar refractivity (Wildman–Crippen MR) is 105 cm³/mol. The van der Waals surface area contributed by atoms with Crippen LogP contribution in [-0.4, -0.2) is 26.2 Å². The number of ketones is 1. The van der Waals surface area contributed by atoms with Gasteiger partial charge in [-0.15, -0.1) is 5.10 Å². The zero-order chi connectivity index (χ0) is 17.8. The molecule has 128 valence electrons. The van der Waals surface area contributed by atoms with Gasteiger partial charge in [0.05, 0.1) is 5.25 Å². The Morgan fingerprint density at radius 3 is 2.48 bits per heavy atom. The summed E-state index contributed by atoms with van der Waals surface area (Å²) in [6.45, 7) is 4.00. The zero-order valence-electron chi connectivity index (χ0n) is 14.0. The van der Waals surface area contributed by atoms with E-state index in [1.807, 2.05) is 43.3 Å². The first-order valence-corrected chi connectivity index (χ1v) is 9.72. The lowest BCUT2D eigenvalue weighted by Gasteiger charge is -2.07. The predicted octanol–water partition coefficient (Wildman–Crippen LogP) is 5.16. The van der Waals surface area contributed by atoms with Crippen LogP contribution in [0.2, 0.25) is 0 Å². The van der Waals surface area contributed by atoms with Crippen LogP contribution >= 0.6 is 27.7 Å². The number of Topliss-reactive ketones (excluding diaryl/α,β-unsaturated/α-hetero) is 1. The van der Waals surface area contributed by atoms with Crippen LogP contribution in [0.1, 0.15) is 29.8 Å². The maximum atomic E-state index is 12.5. The molecule has 2 aromatic carbocycles. The number of aromatic nitrogens is 3. The van der Waals surface area contributed by atoms with Gasteiger partial charge in [-0.05, 0) is 31.0 Å². The molecule has 4 nitrogen and oxygen atoms in total. The Labute approximate surface area is 159 Å². The molecule has 0 bridgehead atoms. The van der Waals surface area contributed by atoms with E-state index in [2.05, 4.69) is 50.2 Å². The average Bonchev–Trinajstić information content (AvgIpc) is 3.10. The van der Waals surface area contributed by atoms with E-state index in [0.717, 1.165) is 16.5 Å². The van der Waals surface area contributed by atoms with E-state index in [4.69, 9.17) is 0 Å². The third-order valence-electron chi connectivity index (χ3n) is 3.88.